The number of aldehydes is 1. The van der Waals surface area contributed by atoms with Crippen molar-refractivity contribution >= 4 is 47.4 Å². The molecule has 0 bridgehead atoms. The minimum absolute atomic E-state index is 0.134. The highest BCUT2D eigenvalue weighted by Crippen LogP contribution is 2.15. The molecule has 3 atom stereocenters. The predicted molar refractivity (Wildman–Crippen MR) is 137 cm³/mol. The standard InChI is InChI=1S/C20H29ClN4O4S.CH5N.CH3N/c21-16-6-3-5-15(11-16)14-30(29)24-18-8-1-2-10-25(20(18)28)12-19(27)23-17(13-26)7-4-9-22;2*1-2/h3,5-6,11,13,17-18,24H,1-2,4,7-10,12,14,22H2,(H,23,27);2H2,1H3;2H,1H2/t17?,18-,30?;;/m0../s1. The number of benzene rings is 1. The maximum absolute atomic E-state index is 12.9. The van der Waals surface area contributed by atoms with Gasteiger partial charge in [0.25, 0.3) is 0 Å². The Hall–Kier alpha value is -2.18. The number of hydrogen-bond acceptors (Lipinski definition) is 7. The van der Waals surface area contributed by atoms with E-state index in [4.69, 9.17) is 22.7 Å². The van der Waals surface area contributed by atoms with Gasteiger partial charge >= 0.3 is 0 Å². The van der Waals surface area contributed by atoms with Crippen LogP contribution in [0.2, 0.25) is 5.02 Å². The Labute approximate surface area is 209 Å². The quantitative estimate of drug-likeness (QED) is 0.214. The topological polar surface area (TPSA) is 171 Å². The molecule has 192 valence electrons. The predicted octanol–water partition coefficient (Wildman–Crippen LogP) is 0.738. The van der Waals surface area contributed by atoms with E-state index < -0.39 is 29.0 Å². The van der Waals surface area contributed by atoms with Crippen molar-refractivity contribution in [3.8, 4) is 0 Å². The lowest BCUT2D eigenvalue weighted by Crippen LogP contribution is -2.50. The first kappa shape index (κ1) is 31.8. The van der Waals surface area contributed by atoms with Crippen LogP contribution >= 0.6 is 11.6 Å². The number of carbonyl (C=O) groups is 3. The van der Waals surface area contributed by atoms with Gasteiger partial charge in [-0.1, -0.05) is 23.7 Å². The Balaban J connectivity index is 0.00000258. The number of rotatable bonds is 11. The fraction of sp³-hybridized carbons (Fsp3) is 0.545. The highest BCUT2D eigenvalue weighted by molar-refractivity contribution is 7.82. The molecule has 1 saturated heterocycles. The van der Waals surface area contributed by atoms with Crippen molar-refractivity contribution in [2.45, 2.75) is 49.9 Å². The molecule has 7 N–H and O–H groups in total. The second-order valence-electron chi connectivity index (χ2n) is 7.29. The molecular formula is C22H37ClN6O4S. The van der Waals surface area contributed by atoms with Crippen molar-refractivity contribution in [2.75, 3.05) is 26.7 Å². The minimum Gasteiger partial charge on any atom is -0.345 e. The van der Waals surface area contributed by atoms with Crippen LogP contribution < -0.4 is 21.5 Å². The van der Waals surface area contributed by atoms with E-state index in [0.717, 1.165) is 18.4 Å². The zero-order valence-corrected chi connectivity index (χ0v) is 21.2. The number of nitrogens with two attached hydrogens (primary N) is 2. The van der Waals surface area contributed by atoms with E-state index in [2.05, 4.69) is 22.5 Å². The highest BCUT2D eigenvalue weighted by atomic mass is 35.5. The van der Waals surface area contributed by atoms with E-state index in [9.17, 15) is 18.6 Å². The van der Waals surface area contributed by atoms with Crippen LogP contribution in [-0.4, -0.2) is 72.7 Å². The fourth-order valence-electron chi connectivity index (χ4n) is 3.29. The Morgan fingerprint density at radius 1 is 1.38 bits per heavy atom. The summed E-state index contributed by atoms with van der Waals surface area (Å²) < 4.78 is 15.4. The molecular weight excluding hydrogens is 480 g/mol. The normalized spacial score (nSPS) is 17.1. The molecule has 1 aromatic rings. The summed E-state index contributed by atoms with van der Waals surface area (Å²) >= 11 is 5.96. The average Bonchev–Trinajstić information content (AvgIpc) is 3.00. The van der Waals surface area contributed by atoms with Crippen molar-refractivity contribution in [3.05, 3.63) is 34.9 Å². The third kappa shape index (κ3) is 12.3. The maximum atomic E-state index is 12.9. The number of carbonyl (C=O) groups excluding carboxylic acids is 3. The van der Waals surface area contributed by atoms with Gasteiger partial charge in [0.05, 0.1) is 35.4 Å². The summed E-state index contributed by atoms with van der Waals surface area (Å²) in [6, 6.07) is 5.85. The van der Waals surface area contributed by atoms with Crippen molar-refractivity contribution in [1.82, 2.24) is 14.9 Å². The smallest absolute Gasteiger partial charge is 0.241 e. The number of nitrogens with one attached hydrogen (secondary N) is 3. The number of halogens is 1. The molecule has 2 rings (SSSR count). The molecule has 1 heterocycles. The third-order valence-electron chi connectivity index (χ3n) is 4.81. The summed E-state index contributed by atoms with van der Waals surface area (Å²) in [7, 11) is 0.0379. The van der Waals surface area contributed by atoms with Crippen LogP contribution in [0.5, 0.6) is 0 Å². The molecule has 0 radical (unpaired) electrons. The number of nitrogens with zero attached hydrogens (tertiary/aromatic N) is 1. The Morgan fingerprint density at radius 3 is 2.71 bits per heavy atom. The van der Waals surface area contributed by atoms with Gasteiger partial charge in [-0.15, -0.1) is 0 Å². The maximum Gasteiger partial charge on any atom is 0.241 e. The van der Waals surface area contributed by atoms with E-state index in [1.807, 2.05) is 6.07 Å². The van der Waals surface area contributed by atoms with Crippen LogP contribution in [0.1, 0.15) is 37.7 Å². The molecule has 0 aliphatic carbocycles. The first-order valence-corrected chi connectivity index (χ1v) is 12.7. The molecule has 12 heteroatoms. The molecule has 2 unspecified atom stereocenters. The monoisotopic (exact) mass is 516 g/mol. The largest absolute Gasteiger partial charge is 0.345 e. The lowest BCUT2D eigenvalue weighted by atomic mass is 10.1. The van der Waals surface area contributed by atoms with E-state index in [0.29, 0.717) is 43.7 Å². The van der Waals surface area contributed by atoms with Gasteiger partial charge in [-0.2, -0.15) is 0 Å². The summed E-state index contributed by atoms with van der Waals surface area (Å²) in [6.45, 7) is 3.25. The molecule has 0 aromatic heterocycles. The van der Waals surface area contributed by atoms with Gasteiger partial charge < -0.3 is 31.9 Å². The fourth-order valence-corrected chi connectivity index (χ4v) is 4.60. The first-order chi connectivity index (χ1) is 16.4. The van der Waals surface area contributed by atoms with E-state index in [1.165, 1.54) is 11.9 Å². The summed E-state index contributed by atoms with van der Waals surface area (Å²) in [5.74, 6) is -0.419. The van der Waals surface area contributed by atoms with Crippen molar-refractivity contribution in [1.29, 1.82) is 5.41 Å². The van der Waals surface area contributed by atoms with Crippen LogP contribution in [0.25, 0.3) is 0 Å². The lowest BCUT2D eigenvalue weighted by Gasteiger charge is -2.25. The summed E-state index contributed by atoms with van der Waals surface area (Å²) in [5, 5.41) is 8.70. The number of likely N-dealkylation sites (tertiary alicyclic amines) is 1. The van der Waals surface area contributed by atoms with E-state index >= 15 is 0 Å². The van der Waals surface area contributed by atoms with Crippen LogP contribution in [0.4, 0.5) is 0 Å². The van der Waals surface area contributed by atoms with E-state index in [-0.39, 0.29) is 18.2 Å². The summed E-state index contributed by atoms with van der Waals surface area (Å²) in [6.07, 6.45) is 3.85. The minimum atomic E-state index is -1.46. The average molecular weight is 517 g/mol. The van der Waals surface area contributed by atoms with Gasteiger partial charge in [-0.25, -0.2) is 8.93 Å². The molecule has 0 saturated carbocycles. The van der Waals surface area contributed by atoms with Gasteiger partial charge in [0.1, 0.15) is 6.29 Å². The van der Waals surface area contributed by atoms with E-state index in [1.54, 1.807) is 18.2 Å². The molecule has 1 fully saturated rings. The van der Waals surface area contributed by atoms with Gasteiger partial charge in [0.2, 0.25) is 11.8 Å². The van der Waals surface area contributed by atoms with Crippen LogP contribution in [0.3, 0.4) is 0 Å². The molecule has 0 spiro atoms. The molecule has 2 amide bonds. The van der Waals surface area contributed by atoms with Gasteiger partial charge in [0.15, 0.2) is 0 Å². The summed E-state index contributed by atoms with van der Waals surface area (Å²) in [5.41, 5.74) is 10.7. The first-order valence-electron chi connectivity index (χ1n) is 11.0. The van der Waals surface area contributed by atoms with Crippen LogP contribution in [-0.2, 0) is 31.1 Å². The molecule has 1 aliphatic heterocycles. The van der Waals surface area contributed by atoms with Gasteiger partial charge in [-0.05, 0) is 70.1 Å². The Bertz CT molecular complexity index is 786. The zero-order chi connectivity index (χ0) is 25.9. The zero-order valence-electron chi connectivity index (χ0n) is 19.6. The van der Waals surface area contributed by atoms with Gasteiger partial charge in [-0.3, -0.25) is 9.59 Å². The second-order valence-corrected chi connectivity index (χ2v) is 8.94. The lowest BCUT2D eigenvalue weighted by molar-refractivity contribution is -0.137. The Morgan fingerprint density at radius 2 is 2.09 bits per heavy atom. The van der Waals surface area contributed by atoms with Crippen molar-refractivity contribution in [3.63, 3.8) is 0 Å². The molecule has 1 aliphatic rings. The Kier molecular flexibility index (Phi) is 17.9. The number of hydrogen-bond donors (Lipinski definition) is 5. The highest BCUT2D eigenvalue weighted by Gasteiger charge is 2.29. The summed E-state index contributed by atoms with van der Waals surface area (Å²) in [4.78, 5) is 37.8. The number of amides is 2. The molecule has 10 nitrogen and oxygen atoms in total. The van der Waals surface area contributed by atoms with Crippen molar-refractivity contribution in [2.24, 2.45) is 11.5 Å². The molecule has 1 aromatic carbocycles. The van der Waals surface area contributed by atoms with Crippen LogP contribution in [0, 0.1) is 5.41 Å². The third-order valence-corrected chi connectivity index (χ3v) is 6.18. The van der Waals surface area contributed by atoms with Crippen LogP contribution in [0.15, 0.2) is 24.3 Å². The second kappa shape index (κ2) is 19.2. The van der Waals surface area contributed by atoms with Crippen molar-refractivity contribution < 1.29 is 18.6 Å². The molecule has 34 heavy (non-hydrogen) atoms. The SMILES string of the molecule is C=N.CN.NCCCC(C=O)NC(=O)CN1CCCC[C@H](NS(=O)Cc2cccc(Cl)c2)C1=O. The van der Waals surface area contributed by atoms with Gasteiger partial charge in [0, 0.05) is 11.6 Å².